The van der Waals surface area contributed by atoms with Crippen LogP contribution in [0.5, 0.6) is 0 Å². The molecule has 0 fully saturated rings. The van der Waals surface area contributed by atoms with E-state index in [4.69, 9.17) is 19.4 Å². The third-order valence-corrected chi connectivity index (χ3v) is 11.8. The predicted molar refractivity (Wildman–Crippen MR) is 233 cm³/mol. The Morgan fingerprint density at radius 3 is 1.62 bits per heavy atom. The number of aromatic nitrogens is 3. The minimum atomic E-state index is 0.588. The molecule has 11 rings (SSSR count). The van der Waals surface area contributed by atoms with Crippen LogP contribution >= 0.6 is 11.3 Å². The molecule has 3 heterocycles. The zero-order chi connectivity index (χ0) is 37.0. The zero-order valence-corrected chi connectivity index (χ0v) is 30.9. The summed E-state index contributed by atoms with van der Waals surface area (Å²) in [5.74, 6) is 1.83. The first-order chi connectivity index (χ1) is 27.7. The largest absolute Gasteiger partial charge is 0.456 e. The Kier molecular flexibility index (Phi) is 7.64. The molecule has 0 radical (unpaired) electrons. The smallest absolute Gasteiger partial charge is 0.164 e. The first kappa shape index (κ1) is 32.2. The van der Waals surface area contributed by atoms with Gasteiger partial charge in [0.05, 0.1) is 0 Å². The summed E-state index contributed by atoms with van der Waals surface area (Å²) in [6.07, 6.45) is 0. The van der Waals surface area contributed by atoms with Crippen LogP contribution in [0.2, 0.25) is 0 Å². The molecule has 262 valence electrons. The number of hydrogen-bond acceptors (Lipinski definition) is 5. The van der Waals surface area contributed by atoms with E-state index >= 15 is 0 Å². The molecule has 0 bridgehead atoms. The summed E-state index contributed by atoms with van der Waals surface area (Å²) < 4.78 is 9.25. The van der Waals surface area contributed by atoms with Gasteiger partial charge in [-0.2, -0.15) is 0 Å². The standard InChI is InChI=1S/C51H31N3OS/c1-3-13-32(14-4-1)33-25-27-35(28-26-33)50-52-49(34-15-5-2-6-16-34)53-51(54-50)36-29-30-43-45(31-36)55-44-23-12-20-40(47(43)44)37-17-7-8-18-38(37)41-21-11-22-42-39-19-9-10-24-46(39)56-48(41)42/h1-31H. The Morgan fingerprint density at radius 1 is 0.339 bits per heavy atom. The number of furan rings is 1. The summed E-state index contributed by atoms with van der Waals surface area (Å²) in [5, 5.41) is 4.72. The van der Waals surface area contributed by atoms with Crippen LogP contribution in [0.1, 0.15) is 0 Å². The summed E-state index contributed by atoms with van der Waals surface area (Å²) in [5.41, 5.74) is 11.4. The molecule has 0 saturated carbocycles. The van der Waals surface area contributed by atoms with E-state index in [9.17, 15) is 0 Å². The monoisotopic (exact) mass is 733 g/mol. The second-order valence-electron chi connectivity index (χ2n) is 13.9. The van der Waals surface area contributed by atoms with E-state index in [0.29, 0.717) is 17.5 Å². The molecule has 8 aromatic carbocycles. The number of thiophene rings is 1. The third-order valence-electron chi connectivity index (χ3n) is 10.6. The Bertz CT molecular complexity index is 3240. The third kappa shape index (κ3) is 5.48. The maximum Gasteiger partial charge on any atom is 0.164 e. The molecule has 3 aromatic heterocycles. The van der Waals surface area contributed by atoms with Crippen molar-refractivity contribution in [2.75, 3.05) is 0 Å². The van der Waals surface area contributed by atoms with Crippen molar-refractivity contribution in [3.63, 3.8) is 0 Å². The van der Waals surface area contributed by atoms with E-state index < -0.39 is 0 Å². The number of hydrogen-bond donors (Lipinski definition) is 0. The first-order valence-corrected chi connectivity index (χ1v) is 19.5. The SMILES string of the molecule is c1ccc(-c2ccc(-c3nc(-c4ccccc4)nc(-c4ccc5c(c4)oc4cccc(-c6ccccc6-c6cccc7c6sc6ccccc67)c45)n3)cc2)cc1. The quantitative estimate of drug-likeness (QED) is 0.171. The molecule has 0 unspecified atom stereocenters. The Balaban J connectivity index is 1.04. The molecule has 56 heavy (non-hydrogen) atoms. The van der Waals surface area contributed by atoms with E-state index in [1.165, 1.54) is 42.4 Å². The Morgan fingerprint density at radius 2 is 0.857 bits per heavy atom. The van der Waals surface area contributed by atoms with Crippen molar-refractivity contribution < 1.29 is 4.42 Å². The molecule has 0 aliphatic carbocycles. The Hall–Kier alpha value is -7.21. The van der Waals surface area contributed by atoms with Crippen LogP contribution in [0.3, 0.4) is 0 Å². The van der Waals surface area contributed by atoms with Gasteiger partial charge in [0.25, 0.3) is 0 Å². The molecule has 0 saturated heterocycles. The molecular formula is C51H31N3OS. The van der Waals surface area contributed by atoms with E-state index in [0.717, 1.165) is 49.8 Å². The van der Waals surface area contributed by atoms with E-state index in [2.05, 4.69) is 152 Å². The van der Waals surface area contributed by atoms with Gasteiger partial charge in [0.1, 0.15) is 11.2 Å². The topological polar surface area (TPSA) is 51.8 Å². The molecule has 0 amide bonds. The second kappa shape index (κ2) is 13.3. The highest BCUT2D eigenvalue weighted by molar-refractivity contribution is 7.26. The first-order valence-electron chi connectivity index (χ1n) is 18.7. The van der Waals surface area contributed by atoms with Gasteiger partial charge in [0, 0.05) is 53.2 Å². The summed E-state index contributed by atoms with van der Waals surface area (Å²) >= 11 is 1.86. The lowest BCUT2D eigenvalue weighted by molar-refractivity contribution is 0.669. The average molecular weight is 734 g/mol. The lowest BCUT2D eigenvalue weighted by Gasteiger charge is -2.12. The molecule has 5 heteroatoms. The van der Waals surface area contributed by atoms with Crippen molar-refractivity contribution >= 4 is 53.4 Å². The van der Waals surface area contributed by atoms with Crippen LogP contribution < -0.4 is 0 Å². The second-order valence-corrected chi connectivity index (χ2v) is 15.0. The number of nitrogens with zero attached hydrogens (tertiary/aromatic N) is 3. The van der Waals surface area contributed by atoms with Gasteiger partial charge in [-0.25, -0.2) is 15.0 Å². The molecule has 0 aliphatic heterocycles. The normalized spacial score (nSPS) is 11.6. The van der Waals surface area contributed by atoms with Crippen molar-refractivity contribution in [1.82, 2.24) is 15.0 Å². The molecular weight excluding hydrogens is 703 g/mol. The minimum Gasteiger partial charge on any atom is -0.456 e. The van der Waals surface area contributed by atoms with Crippen LogP contribution in [0, 0.1) is 0 Å². The van der Waals surface area contributed by atoms with Gasteiger partial charge < -0.3 is 4.42 Å². The van der Waals surface area contributed by atoms with Gasteiger partial charge in [-0.05, 0) is 52.1 Å². The highest BCUT2D eigenvalue weighted by atomic mass is 32.1. The van der Waals surface area contributed by atoms with Crippen molar-refractivity contribution in [3.8, 4) is 67.5 Å². The Labute approximate surface area is 327 Å². The summed E-state index contributed by atoms with van der Waals surface area (Å²) in [6.45, 7) is 0. The van der Waals surface area contributed by atoms with Gasteiger partial charge in [-0.15, -0.1) is 11.3 Å². The molecule has 0 aliphatic rings. The van der Waals surface area contributed by atoms with Crippen molar-refractivity contribution in [2.45, 2.75) is 0 Å². The van der Waals surface area contributed by atoms with E-state index in [1.807, 2.05) is 47.7 Å². The average Bonchev–Trinajstić information content (AvgIpc) is 3.85. The van der Waals surface area contributed by atoms with Gasteiger partial charge in [-0.1, -0.05) is 164 Å². The number of benzene rings is 8. The number of rotatable bonds is 6. The van der Waals surface area contributed by atoms with Crippen LogP contribution in [-0.4, -0.2) is 15.0 Å². The van der Waals surface area contributed by atoms with Crippen molar-refractivity contribution in [3.05, 3.63) is 188 Å². The van der Waals surface area contributed by atoms with Crippen LogP contribution in [0.15, 0.2) is 192 Å². The molecule has 4 nitrogen and oxygen atoms in total. The fraction of sp³-hybridized carbons (Fsp3) is 0. The van der Waals surface area contributed by atoms with Crippen molar-refractivity contribution in [1.29, 1.82) is 0 Å². The summed E-state index contributed by atoms with van der Waals surface area (Å²) in [4.78, 5) is 15.0. The summed E-state index contributed by atoms with van der Waals surface area (Å²) in [6, 6.07) is 65.6. The van der Waals surface area contributed by atoms with Crippen LogP contribution in [0.4, 0.5) is 0 Å². The number of fused-ring (bicyclic) bond motifs is 6. The van der Waals surface area contributed by atoms with Gasteiger partial charge in [-0.3, -0.25) is 0 Å². The molecule has 11 aromatic rings. The summed E-state index contributed by atoms with van der Waals surface area (Å²) in [7, 11) is 0. The lowest BCUT2D eigenvalue weighted by Crippen LogP contribution is -2.00. The zero-order valence-electron chi connectivity index (χ0n) is 30.1. The van der Waals surface area contributed by atoms with Crippen LogP contribution in [-0.2, 0) is 0 Å². The predicted octanol–water partition coefficient (Wildman–Crippen LogP) is 14.1. The van der Waals surface area contributed by atoms with E-state index in [1.54, 1.807) is 0 Å². The van der Waals surface area contributed by atoms with Crippen molar-refractivity contribution in [2.24, 2.45) is 0 Å². The highest BCUT2D eigenvalue weighted by Gasteiger charge is 2.19. The van der Waals surface area contributed by atoms with Gasteiger partial charge >= 0.3 is 0 Å². The molecule has 0 spiro atoms. The molecule has 0 atom stereocenters. The fourth-order valence-electron chi connectivity index (χ4n) is 7.89. The minimum absolute atomic E-state index is 0.588. The molecule has 0 N–H and O–H groups in total. The maximum atomic E-state index is 6.65. The highest BCUT2D eigenvalue weighted by Crippen LogP contribution is 2.45. The van der Waals surface area contributed by atoms with Gasteiger partial charge in [0.15, 0.2) is 17.5 Å². The van der Waals surface area contributed by atoms with Gasteiger partial charge in [0.2, 0.25) is 0 Å². The van der Waals surface area contributed by atoms with Crippen LogP contribution in [0.25, 0.3) is 110 Å². The lowest BCUT2D eigenvalue weighted by atomic mass is 9.91. The maximum absolute atomic E-state index is 6.65. The van der Waals surface area contributed by atoms with E-state index in [-0.39, 0.29) is 0 Å². The fourth-order valence-corrected chi connectivity index (χ4v) is 9.12.